The highest BCUT2D eigenvalue weighted by Gasteiger charge is 2.29. The first-order valence-electron chi connectivity index (χ1n) is 8.49. The third-order valence-corrected chi connectivity index (χ3v) is 4.92. The lowest BCUT2D eigenvalue weighted by Crippen LogP contribution is -2.42. The highest BCUT2D eigenvalue weighted by atomic mass is 16.3. The lowest BCUT2D eigenvalue weighted by molar-refractivity contribution is 0.0471. The van der Waals surface area contributed by atoms with E-state index in [4.69, 9.17) is 4.42 Å². The molecule has 0 spiro atoms. The van der Waals surface area contributed by atoms with Crippen LogP contribution in [-0.4, -0.2) is 34.2 Å². The van der Waals surface area contributed by atoms with Crippen molar-refractivity contribution in [3.05, 3.63) is 65.9 Å². The van der Waals surface area contributed by atoms with E-state index in [1.165, 1.54) is 16.3 Å². The Balaban J connectivity index is 1.47. The fourth-order valence-electron chi connectivity index (χ4n) is 3.68. The van der Waals surface area contributed by atoms with Gasteiger partial charge in [-0.3, -0.25) is 4.90 Å². The molecule has 1 saturated heterocycles. The Kier molecular flexibility index (Phi) is 4.08. The minimum Gasteiger partial charge on any atom is -0.449 e. The molecule has 0 bridgehead atoms. The van der Waals surface area contributed by atoms with E-state index in [1.807, 2.05) is 6.92 Å². The minimum atomic E-state index is -0.354. The average Bonchev–Trinajstić information content (AvgIpc) is 2.99. The molecule has 4 heteroatoms. The maximum Gasteiger partial charge on any atom is 0.191 e. The first-order valence-corrected chi connectivity index (χ1v) is 8.49. The van der Waals surface area contributed by atoms with Gasteiger partial charge < -0.3 is 9.52 Å². The van der Waals surface area contributed by atoms with Crippen molar-refractivity contribution in [3.8, 4) is 0 Å². The highest BCUT2D eigenvalue weighted by Crippen LogP contribution is 2.31. The van der Waals surface area contributed by atoms with Crippen LogP contribution < -0.4 is 0 Å². The second-order valence-corrected chi connectivity index (χ2v) is 6.66. The topological polar surface area (TPSA) is 49.5 Å². The third-order valence-electron chi connectivity index (χ3n) is 4.92. The van der Waals surface area contributed by atoms with Gasteiger partial charge in [0.1, 0.15) is 6.26 Å². The van der Waals surface area contributed by atoms with Crippen molar-refractivity contribution in [1.82, 2.24) is 9.88 Å². The van der Waals surface area contributed by atoms with Gasteiger partial charge in [-0.05, 0) is 29.3 Å². The summed E-state index contributed by atoms with van der Waals surface area (Å²) in [6.07, 6.45) is 2.31. The van der Waals surface area contributed by atoms with Crippen LogP contribution in [0.15, 0.2) is 53.1 Å². The molecule has 0 radical (unpaired) electrons. The quantitative estimate of drug-likeness (QED) is 0.802. The molecule has 1 N–H and O–H groups in total. The number of hydrogen-bond donors (Lipinski definition) is 1. The van der Waals surface area contributed by atoms with Crippen LogP contribution >= 0.6 is 0 Å². The summed E-state index contributed by atoms with van der Waals surface area (Å²) >= 11 is 0. The molecule has 1 aromatic heterocycles. The largest absolute Gasteiger partial charge is 0.449 e. The molecule has 0 amide bonds. The minimum absolute atomic E-state index is 0.199. The molecule has 1 aliphatic heterocycles. The van der Waals surface area contributed by atoms with Gasteiger partial charge in [-0.15, -0.1) is 0 Å². The van der Waals surface area contributed by atoms with Crippen LogP contribution in [0, 0.1) is 6.92 Å². The number of aliphatic hydroxyl groups excluding tert-OH is 1. The van der Waals surface area contributed by atoms with E-state index in [-0.39, 0.29) is 12.0 Å². The Bertz CT molecular complexity index is 842. The van der Waals surface area contributed by atoms with Crippen molar-refractivity contribution in [2.24, 2.45) is 0 Å². The lowest BCUT2D eigenvalue weighted by atomic mass is 9.86. The smallest absolute Gasteiger partial charge is 0.191 e. The predicted octanol–water partition coefficient (Wildman–Crippen LogP) is 3.49. The van der Waals surface area contributed by atoms with Gasteiger partial charge in [0.05, 0.1) is 11.8 Å². The number of β-amino-alcohol motifs (C(OH)–C–C–N with tert-alkyl or cyclic N) is 1. The van der Waals surface area contributed by atoms with Gasteiger partial charge in [0.25, 0.3) is 0 Å². The molecule has 2 atom stereocenters. The van der Waals surface area contributed by atoms with E-state index in [9.17, 15) is 5.11 Å². The summed E-state index contributed by atoms with van der Waals surface area (Å²) in [5.41, 5.74) is 2.17. The van der Waals surface area contributed by atoms with Crippen molar-refractivity contribution in [3.63, 3.8) is 0 Å². The summed E-state index contributed by atoms with van der Waals surface area (Å²) in [5, 5.41) is 13.1. The number of benzene rings is 2. The van der Waals surface area contributed by atoms with Crippen molar-refractivity contribution in [2.75, 3.05) is 13.1 Å². The normalized spacial score (nSPS) is 22.1. The van der Waals surface area contributed by atoms with Crippen LogP contribution in [0.25, 0.3) is 10.8 Å². The van der Waals surface area contributed by atoms with Crippen LogP contribution in [-0.2, 0) is 6.54 Å². The Labute approximate surface area is 141 Å². The number of piperidine rings is 1. The van der Waals surface area contributed by atoms with Crippen LogP contribution in [0.5, 0.6) is 0 Å². The monoisotopic (exact) mass is 322 g/mol. The third kappa shape index (κ3) is 3.07. The molecule has 124 valence electrons. The van der Waals surface area contributed by atoms with Gasteiger partial charge >= 0.3 is 0 Å². The molecule has 0 unspecified atom stereocenters. The summed E-state index contributed by atoms with van der Waals surface area (Å²) in [5.74, 6) is 0.890. The average molecular weight is 322 g/mol. The molecule has 4 nitrogen and oxygen atoms in total. The number of oxazole rings is 1. The Morgan fingerprint density at radius 1 is 1.21 bits per heavy atom. The van der Waals surface area contributed by atoms with E-state index in [0.29, 0.717) is 12.4 Å². The SMILES string of the molecule is Cc1nc(CN2CC[C@@H](c3ccc4ccccc4c3)[C@H](O)C2)co1. The molecule has 4 rings (SSSR count). The number of aliphatic hydroxyl groups is 1. The van der Waals surface area contributed by atoms with E-state index < -0.39 is 0 Å². The summed E-state index contributed by atoms with van der Waals surface area (Å²) in [6, 6.07) is 14.9. The van der Waals surface area contributed by atoms with Gasteiger partial charge in [0.15, 0.2) is 5.89 Å². The van der Waals surface area contributed by atoms with Crippen molar-refractivity contribution >= 4 is 10.8 Å². The standard InChI is InChI=1S/C20H22N2O2/c1-14-21-18(13-24-14)11-22-9-8-19(20(23)12-22)17-7-6-15-4-2-3-5-16(15)10-17/h2-7,10,13,19-20,23H,8-9,11-12H2,1H3/t19-,20+/m0/s1. The zero-order chi connectivity index (χ0) is 16.5. The van der Waals surface area contributed by atoms with Crippen LogP contribution in [0.3, 0.4) is 0 Å². The molecule has 1 fully saturated rings. The number of hydrogen-bond acceptors (Lipinski definition) is 4. The van der Waals surface area contributed by atoms with E-state index in [1.54, 1.807) is 6.26 Å². The first-order chi connectivity index (χ1) is 11.7. The van der Waals surface area contributed by atoms with E-state index in [0.717, 1.165) is 25.2 Å². The van der Waals surface area contributed by atoms with Crippen molar-refractivity contribution < 1.29 is 9.52 Å². The summed E-state index contributed by atoms with van der Waals surface area (Å²) < 4.78 is 5.26. The fraction of sp³-hybridized carbons (Fsp3) is 0.350. The van der Waals surface area contributed by atoms with E-state index in [2.05, 4.69) is 52.3 Å². The van der Waals surface area contributed by atoms with E-state index >= 15 is 0 Å². The Morgan fingerprint density at radius 3 is 2.79 bits per heavy atom. The number of aromatic nitrogens is 1. The van der Waals surface area contributed by atoms with Gasteiger partial charge in [0.2, 0.25) is 0 Å². The lowest BCUT2D eigenvalue weighted by Gasteiger charge is -2.35. The summed E-state index contributed by atoms with van der Waals surface area (Å²) in [4.78, 5) is 6.60. The molecule has 1 aliphatic rings. The van der Waals surface area contributed by atoms with Gasteiger partial charge in [-0.1, -0.05) is 42.5 Å². The molecule has 24 heavy (non-hydrogen) atoms. The molecule has 2 heterocycles. The fourth-order valence-corrected chi connectivity index (χ4v) is 3.68. The molecule has 0 saturated carbocycles. The number of rotatable bonds is 3. The molecule has 2 aromatic carbocycles. The number of nitrogens with zero attached hydrogens (tertiary/aromatic N) is 2. The van der Waals surface area contributed by atoms with Crippen molar-refractivity contribution in [1.29, 1.82) is 0 Å². The number of fused-ring (bicyclic) bond motifs is 1. The van der Waals surface area contributed by atoms with Gasteiger partial charge in [-0.2, -0.15) is 0 Å². The van der Waals surface area contributed by atoms with Crippen LogP contribution in [0.1, 0.15) is 29.5 Å². The second-order valence-electron chi connectivity index (χ2n) is 6.66. The van der Waals surface area contributed by atoms with Gasteiger partial charge in [-0.25, -0.2) is 4.98 Å². The number of aryl methyl sites for hydroxylation is 1. The first kappa shape index (κ1) is 15.4. The molecule has 0 aliphatic carbocycles. The maximum absolute atomic E-state index is 10.7. The second kappa shape index (κ2) is 6.38. The zero-order valence-electron chi connectivity index (χ0n) is 13.9. The van der Waals surface area contributed by atoms with Gasteiger partial charge in [0, 0.05) is 25.9 Å². The Hall–Kier alpha value is -2.17. The van der Waals surface area contributed by atoms with Crippen LogP contribution in [0.4, 0.5) is 0 Å². The molecular formula is C20H22N2O2. The predicted molar refractivity (Wildman–Crippen MR) is 93.8 cm³/mol. The maximum atomic E-state index is 10.7. The Morgan fingerprint density at radius 2 is 2.04 bits per heavy atom. The molecular weight excluding hydrogens is 300 g/mol. The molecule has 3 aromatic rings. The highest BCUT2D eigenvalue weighted by molar-refractivity contribution is 5.83. The summed E-state index contributed by atoms with van der Waals surface area (Å²) in [6.45, 7) is 4.22. The zero-order valence-corrected chi connectivity index (χ0v) is 13.9. The number of likely N-dealkylation sites (tertiary alicyclic amines) is 1. The van der Waals surface area contributed by atoms with Crippen molar-refractivity contribution in [2.45, 2.75) is 31.9 Å². The summed E-state index contributed by atoms with van der Waals surface area (Å²) in [7, 11) is 0. The van der Waals surface area contributed by atoms with Crippen LogP contribution in [0.2, 0.25) is 0 Å².